The Morgan fingerprint density at radius 2 is 1.86 bits per heavy atom. The first-order chi connectivity index (χ1) is 10.2. The minimum Gasteiger partial charge on any atom is -0.267 e. The number of halogens is 1. The molecule has 0 unspecified atom stereocenters. The molecule has 0 N–H and O–H groups in total. The molecule has 0 spiro atoms. The van der Waals surface area contributed by atoms with Crippen molar-refractivity contribution in [2.75, 3.05) is 0 Å². The molecular formula is C14H8ClN5O. The monoisotopic (exact) mass is 297 g/mol. The van der Waals surface area contributed by atoms with E-state index < -0.39 is 0 Å². The molecule has 102 valence electrons. The molecule has 0 saturated carbocycles. The van der Waals surface area contributed by atoms with Crippen LogP contribution in [-0.4, -0.2) is 24.4 Å². The Labute approximate surface area is 123 Å². The highest BCUT2D eigenvalue weighted by Gasteiger charge is 2.11. The summed E-state index contributed by atoms with van der Waals surface area (Å²) in [5.41, 5.74) is 0.920. The topological polar surface area (TPSA) is 65.1 Å². The van der Waals surface area contributed by atoms with Gasteiger partial charge in [-0.3, -0.25) is 4.79 Å². The van der Waals surface area contributed by atoms with Gasteiger partial charge < -0.3 is 0 Å². The number of hydrogen-bond acceptors (Lipinski definition) is 4. The summed E-state index contributed by atoms with van der Waals surface area (Å²) in [6.07, 6.45) is 4.81. The zero-order valence-electron chi connectivity index (χ0n) is 10.6. The zero-order chi connectivity index (χ0) is 14.4. The van der Waals surface area contributed by atoms with Crippen molar-refractivity contribution >= 4 is 28.0 Å². The van der Waals surface area contributed by atoms with Gasteiger partial charge in [-0.25, -0.2) is 9.50 Å². The average molecular weight is 298 g/mol. The average Bonchev–Trinajstić information content (AvgIpc) is 2.97. The summed E-state index contributed by atoms with van der Waals surface area (Å²) in [5, 5.41) is 10.1. The van der Waals surface area contributed by atoms with Gasteiger partial charge in [0.15, 0.2) is 5.65 Å². The maximum atomic E-state index is 12.7. The van der Waals surface area contributed by atoms with Crippen molar-refractivity contribution in [3.05, 3.63) is 64.4 Å². The second-order valence-electron chi connectivity index (χ2n) is 4.51. The van der Waals surface area contributed by atoms with E-state index in [0.717, 1.165) is 5.39 Å². The molecule has 7 heteroatoms. The van der Waals surface area contributed by atoms with E-state index in [2.05, 4.69) is 15.2 Å². The van der Waals surface area contributed by atoms with Crippen molar-refractivity contribution in [1.29, 1.82) is 0 Å². The van der Waals surface area contributed by atoms with Gasteiger partial charge in [-0.2, -0.15) is 14.9 Å². The first kappa shape index (κ1) is 12.0. The molecule has 1 aromatic carbocycles. The van der Waals surface area contributed by atoms with Gasteiger partial charge in [0.1, 0.15) is 6.33 Å². The van der Waals surface area contributed by atoms with Crippen molar-refractivity contribution in [3.63, 3.8) is 0 Å². The minimum absolute atomic E-state index is 0.242. The van der Waals surface area contributed by atoms with Crippen molar-refractivity contribution in [3.8, 4) is 5.69 Å². The summed E-state index contributed by atoms with van der Waals surface area (Å²) in [5.74, 6) is 0. The van der Waals surface area contributed by atoms with Gasteiger partial charge in [0, 0.05) is 16.6 Å². The number of pyridine rings is 1. The van der Waals surface area contributed by atoms with Crippen LogP contribution in [0.3, 0.4) is 0 Å². The van der Waals surface area contributed by atoms with Gasteiger partial charge in [-0.05, 0) is 30.3 Å². The summed E-state index contributed by atoms with van der Waals surface area (Å²) >= 11 is 5.87. The Kier molecular flexibility index (Phi) is 2.52. The summed E-state index contributed by atoms with van der Waals surface area (Å²) in [6, 6.07) is 8.70. The molecule has 3 aromatic heterocycles. The van der Waals surface area contributed by atoms with Crippen LogP contribution in [-0.2, 0) is 0 Å². The largest absolute Gasteiger partial charge is 0.283 e. The van der Waals surface area contributed by atoms with Gasteiger partial charge in [-0.15, -0.1) is 0 Å². The minimum atomic E-state index is -0.242. The molecular weight excluding hydrogens is 290 g/mol. The molecule has 0 fully saturated rings. The first-order valence-electron chi connectivity index (χ1n) is 6.20. The van der Waals surface area contributed by atoms with Crippen LogP contribution in [0.1, 0.15) is 0 Å². The SMILES string of the molecule is O=c1c2c(ccn3ncnc23)cnn1-c1ccc(Cl)cc1. The lowest BCUT2D eigenvalue weighted by Crippen LogP contribution is -2.21. The van der Waals surface area contributed by atoms with Gasteiger partial charge >= 0.3 is 0 Å². The molecule has 0 aliphatic carbocycles. The van der Waals surface area contributed by atoms with Crippen molar-refractivity contribution < 1.29 is 0 Å². The number of fused-ring (bicyclic) bond motifs is 3. The fourth-order valence-corrected chi connectivity index (χ4v) is 2.40. The van der Waals surface area contributed by atoms with E-state index in [1.807, 2.05) is 0 Å². The fraction of sp³-hybridized carbons (Fsp3) is 0. The normalized spacial score (nSPS) is 11.3. The van der Waals surface area contributed by atoms with Crippen LogP contribution >= 0.6 is 11.6 Å². The molecule has 6 nitrogen and oxygen atoms in total. The predicted molar refractivity (Wildman–Crippen MR) is 78.9 cm³/mol. The smallest absolute Gasteiger partial charge is 0.267 e. The maximum Gasteiger partial charge on any atom is 0.283 e. The van der Waals surface area contributed by atoms with Crippen LogP contribution in [0.4, 0.5) is 0 Å². The summed E-state index contributed by atoms with van der Waals surface area (Å²) in [7, 11) is 0. The Hall–Kier alpha value is -2.73. The van der Waals surface area contributed by atoms with Crippen LogP contribution in [0, 0.1) is 0 Å². The van der Waals surface area contributed by atoms with E-state index in [1.165, 1.54) is 11.0 Å². The molecule has 21 heavy (non-hydrogen) atoms. The second kappa shape index (κ2) is 4.39. The maximum absolute atomic E-state index is 12.7. The molecule has 3 heterocycles. The third kappa shape index (κ3) is 1.80. The number of nitrogens with zero attached hydrogens (tertiary/aromatic N) is 5. The Morgan fingerprint density at radius 3 is 2.67 bits per heavy atom. The number of benzene rings is 1. The quantitative estimate of drug-likeness (QED) is 0.539. The lowest BCUT2D eigenvalue weighted by Gasteiger charge is -2.06. The van der Waals surface area contributed by atoms with E-state index in [4.69, 9.17) is 11.6 Å². The third-order valence-electron chi connectivity index (χ3n) is 3.27. The fourth-order valence-electron chi connectivity index (χ4n) is 2.27. The van der Waals surface area contributed by atoms with Crippen LogP contribution in [0.25, 0.3) is 22.1 Å². The van der Waals surface area contributed by atoms with Crippen LogP contribution in [0.2, 0.25) is 5.02 Å². The lowest BCUT2D eigenvalue weighted by molar-refractivity contribution is 0.820. The Morgan fingerprint density at radius 1 is 1.05 bits per heavy atom. The van der Waals surface area contributed by atoms with Crippen molar-refractivity contribution in [2.45, 2.75) is 0 Å². The summed E-state index contributed by atoms with van der Waals surface area (Å²) < 4.78 is 2.89. The third-order valence-corrected chi connectivity index (χ3v) is 3.52. The van der Waals surface area contributed by atoms with Crippen LogP contribution < -0.4 is 5.56 Å². The Balaban J connectivity index is 2.09. The van der Waals surface area contributed by atoms with Gasteiger partial charge in [-0.1, -0.05) is 11.6 Å². The van der Waals surface area contributed by atoms with Crippen molar-refractivity contribution in [1.82, 2.24) is 24.4 Å². The first-order valence-corrected chi connectivity index (χ1v) is 6.58. The van der Waals surface area contributed by atoms with Crippen LogP contribution in [0.15, 0.2) is 53.8 Å². The molecule has 0 saturated heterocycles. The van der Waals surface area contributed by atoms with E-state index in [0.29, 0.717) is 21.7 Å². The molecule has 0 aliphatic heterocycles. The van der Waals surface area contributed by atoms with E-state index in [-0.39, 0.29) is 5.56 Å². The lowest BCUT2D eigenvalue weighted by atomic mass is 10.2. The number of hydrogen-bond donors (Lipinski definition) is 0. The molecule has 0 aliphatic rings. The summed E-state index contributed by atoms with van der Waals surface area (Å²) in [4.78, 5) is 16.9. The molecule has 0 radical (unpaired) electrons. The van der Waals surface area contributed by atoms with Crippen molar-refractivity contribution in [2.24, 2.45) is 0 Å². The highest BCUT2D eigenvalue weighted by molar-refractivity contribution is 6.30. The molecule has 4 rings (SSSR count). The predicted octanol–water partition coefficient (Wildman–Crippen LogP) is 2.08. The van der Waals surface area contributed by atoms with E-state index in [1.54, 1.807) is 47.2 Å². The molecule has 0 atom stereocenters. The zero-order valence-corrected chi connectivity index (χ0v) is 11.4. The van der Waals surface area contributed by atoms with Crippen LogP contribution in [0.5, 0.6) is 0 Å². The van der Waals surface area contributed by atoms with Gasteiger partial charge in [0.05, 0.1) is 17.3 Å². The highest BCUT2D eigenvalue weighted by Crippen LogP contribution is 2.15. The number of rotatable bonds is 1. The molecule has 4 aromatic rings. The van der Waals surface area contributed by atoms with E-state index >= 15 is 0 Å². The van der Waals surface area contributed by atoms with Gasteiger partial charge in [0.2, 0.25) is 0 Å². The molecule has 0 bridgehead atoms. The van der Waals surface area contributed by atoms with Gasteiger partial charge in [0.25, 0.3) is 5.56 Å². The number of aromatic nitrogens is 5. The standard InChI is InChI=1S/C14H8ClN5O/c15-10-1-3-11(4-2-10)20-14(21)12-9(7-17-20)5-6-19-13(12)16-8-18-19/h1-8H. The second-order valence-corrected chi connectivity index (χ2v) is 4.95. The van der Waals surface area contributed by atoms with E-state index in [9.17, 15) is 4.79 Å². The highest BCUT2D eigenvalue weighted by atomic mass is 35.5. The Bertz CT molecular complexity index is 1020. The molecule has 0 amide bonds. The summed E-state index contributed by atoms with van der Waals surface area (Å²) in [6.45, 7) is 0.